The number of carbonyl (C=O) groups is 1. The lowest BCUT2D eigenvalue weighted by Gasteiger charge is -2.31. The third kappa shape index (κ3) is 2.56. The predicted octanol–water partition coefficient (Wildman–Crippen LogP) is 0.957. The molecule has 0 aromatic heterocycles. The quantitative estimate of drug-likeness (QED) is 0.836. The summed E-state index contributed by atoms with van der Waals surface area (Å²) in [5, 5.41) is 12.0. The highest BCUT2D eigenvalue weighted by atomic mass is 16.5. The van der Waals surface area contributed by atoms with Crippen molar-refractivity contribution >= 4 is 5.91 Å². The molecule has 0 heterocycles. The highest BCUT2D eigenvalue weighted by Gasteiger charge is 2.28. The van der Waals surface area contributed by atoms with Crippen LogP contribution in [-0.2, 0) is 0 Å². The van der Waals surface area contributed by atoms with E-state index in [2.05, 4.69) is 5.32 Å². The van der Waals surface area contributed by atoms with Gasteiger partial charge in [0.2, 0.25) is 0 Å². The van der Waals surface area contributed by atoms with E-state index < -0.39 is 0 Å². The van der Waals surface area contributed by atoms with Crippen molar-refractivity contribution in [2.45, 2.75) is 25.0 Å². The summed E-state index contributed by atoms with van der Waals surface area (Å²) >= 11 is 0. The SMILES string of the molecule is COc1ccc(C(=O)NC2CC(O)C2)cc1OC. The molecule has 1 saturated carbocycles. The van der Waals surface area contributed by atoms with E-state index in [4.69, 9.17) is 14.6 Å². The summed E-state index contributed by atoms with van der Waals surface area (Å²) < 4.78 is 10.3. The van der Waals surface area contributed by atoms with Crippen LogP contribution in [0.5, 0.6) is 11.5 Å². The van der Waals surface area contributed by atoms with Crippen LogP contribution in [-0.4, -0.2) is 37.4 Å². The molecule has 0 bridgehead atoms. The summed E-state index contributed by atoms with van der Waals surface area (Å²) in [6.07, 6.45) is 0.971. The fraction of sp³-hybridized carbons (Fsp3) is 0.462. The molecule has 0 unspecified atom stereocenters. The molecule has 2 N–H and O–H groups in total. The summed E-state index contributed by atoms with van der Waals surface area (Å²) in [7, 11) is 3.08. The molecule has 1 aliphatic rings. The van der Waals surface area contributed by atoms with Gasteiger partial charge in [-0.3, -0.25) is 4.79 Å². The number of ether oxygens (including phenoxy) is 2. The first-order chi connectivity index (χ1) is 8.63. The van der Waals surface area contributed by atoms with E-state index in [1.807, 2.05) is 0 Å². The maximum atomic E-state index is 11.9. The number of methoxy groups -OCH3 is 2. The molecule has 0 atom stereocenters. The number of carbonyl (C=O) groups excluding carboxylic acids is 1. The maximum absolute atomic E-state index is 11.9. The first-order valence-electron chi connectivity index (χ1n) is 5.85. The van der Waals surface area contributed by atoms with Crippen LogP contribution >= 0.6 is 0 Å². The molecule has 2 rings (SSSR count). The molecule has 1 amide bonds. The molecule has 1 aromatic rings. The average Bonchev–Trinajstić information content (AvgIpc) is 2.35. The molecule has 0 saturated heterocycles. The highest BCUT2D eigenvalue weighted by molar-refractivity contribution is 5.95. The van der Waals surface area contributed by atoms with Gasteiger partial charge in [0.05, 0.1) is 20.3 Å². The van der Waals surface area contributed by atoms with Gasteiger partial charge in [0, 0.05) is 11.6 Å². The molecule has 1 aliphatic carbocycles. The Morgan fingerprint density at radius 2 is 1.94 bits per heavy atom. The number of amides is 1. The minimum atomic E-state index is -0.277. The molecular weight excluding hydrogens is 234 g/mol. The van der Waals surface area contributed by atoms with Gasteiger partial charge in [0.1, 0.15) is 0 Å². The van der Waals surface area contributed by atoms with Crippen molar-refractivity contribution in [3.8, 4) is 11.5 Å². The van der Waals surface area contributed by atoms with Crippen LogP contribution < -0.4 is 14.8 Å². The molecule has 1 aromatic carbocycles. The molecular formula is C13H17NO4. The maximum Gasteiger partial charge on any atom is 0.251 e. The predicted molar refractivity (Wildman–Crippen MR) is 66.0 cm³/mol. The van der Waals surface area contributed by atoms with Gasteiger partial charge in [-0.05, 0) is 31.0 Å². The molecule has 0 radical (unpaired) electrons. The Hall–Kier alpha value is -1.75. The minimum Gasteiger partial charge on any atom is -0.493 e. The first-order valence-corrected chi connectivity index (χ1v) is 5.85. The Morgan fingerprint density at radius 3 is 2.50 bits per heavy atom. The van der Waals surface area contributed by atoms with Gasteiger partial charge in [-0.15, -0.1) is 0 Å². The van der Waals surface area contributed by atoms with E-state index in [0.717, 1.165) is 0 Å². The number of benzene rings is 1. The van der Waals surface area contributed by atoms with Gasteiger partial charge in [-0.1, -0.05) is 0 Å². The summed E-state index contributed by atoms with van der Waals surface area (Å²) in [6, 6.07) is 5.10. The van der Waals surface area contributed by atoms with E-state index >= 15 is 0 Å². The molecule has 18 heavy (non-hydrogen) atoms. The van der Waals surface area contributed by atoms with E-state index in [9.17, 15) is 4.79 Å². The summed E-state index contributed by atoms with van der Waals surface area (Å²) in [4.78, 5) is 11.9. The van der Waals surface area contributed by atoms with Crippen molar-refractivity contribution in [1.29, 1.82) is 0 Å². The van der Waals surface area contributed by atoms with Gasteiger partial charge in [0.25, 0.3) is 5.91 Å². The van der Waals surface area contributed by atoms with Crippen LogP contribution in [0.4, 0.5) is 0 Å². The number of nitrogens with one attached hydrogen (secondary N) is 1. The second-order valence-corrected chi connectivity index (χ2v) is 4.37. The lowest BCUT2D eigenvalue weighted by Crippen LogP contribution is -2.46. The normalized spacial score (nSPS) is 21.9. The zero-order valence-electron chi connectivity index (χ0n) is 10.5. The second-order valence-electron chi connectivity index (χ2n) is 4.37. The fourth-order valence-corrected chi connectivity index (χ4v) is 1.95. The van der Waals surface area contributed by atoms with E-state index in [1.54, 1.807) is 25.3 Å². The molecule has 98 valence electrons. The summed E-state index contributed by atoms with van der Waals surface area (Å²) in [5.74, 6) is 0.958. The van der Waals surface area contributed by atoms with Crippen LogP contribution in [0.1, 0.15) is 23.2 Å². The smallest absolute Gasteiger partial charge is 0.251 e. The second kappa shape index (κ2) is 5.27. The zero-order chi connectivity index (χ0) is 13.1. The van der Waals surface area contributed by atoms with E-state index in [-0.39, 0.29) is 18.1 Å². The van der Waals surface area contributed by atoms with Gasteiger partial charge in [-0.25, -0.2) is 0 Å². The molecule has 0 spiro atoms. The highest BCUT2D eigenvalue weighted by Crippen LogP contribution is 2.28. The molecule has 5 nitrogen and oxygen atoms in total. The van der Waals surface area contributed by atoms with Crippen LogP contribution in [0.2, 0.25) is 0 Å². The van der Waals surface area contributed by atoms with Crippen molar-refractivity contribution in [2.75, 3.05) is 14.2 Å². The van der Waals surface area contributed by atoms with Gasteiger partial charge in [-0.2, -0.15) is 0 Å². The number of hydrogen-bond acceptors (Lipinski definition) is 4. The molecule has 1 fully saturated rings. The monoisotopic (exact) mass is 251 g/mol. The van der Waals surface area contributed by atoms with Crippen molar-refractivity contribution < 1.29 is 19.4 Å². The van der Waals surface area contributed by atoms with Crippen LogP contribution in [0.15, 0.2) is 18.2 Å². The Morgan fingerprint density at radius 1 is 1.28 bits per heavy atom. The number of aliphatic hydroxyl groups excluding tert-OH is 1. The van der Waals surface area contributed by atoms with Crippen LogP contribution in [0.3, 0.4) is 0 Å². The standard InChI is InChI=1S/C13H17NO4/c1-17-11-4-3-8(5-12(11)18-2)13(16)14-9-6-10(15)7-9/h3-5,9-10,15H,6-7H2,1-2H3,(H,14,16). The van der Waals surface area contributed by atoms with Gasteiger partial charge < -0.3 is 19.9 Å². The minimum absolute atomic E-state index is 0.0700. The van der Waals surface area contributed by atoms with Crippen LogP contribution in [0, 0.1) is 0 Å². The van der Waals surface area contributed by atoms with Gasteiger partial charge in [0.15, 0.2) is 11.5 Å². The van der Waals surface area contributed by atoms with Crippen molar-refractivity contribution in [3.63, 3.8) is 0 Å². The zero-order valence-corrected chi connectivity index (χ0v) is 10.5. The summed E-state index contributed by atoms with van der Waals surface area (Å²) in [5.41, 5.74) is 0.522. The number of aliphatic hydroxyl groups is 1. The average molecular weight is 251 g/mol. The fourth-order valence-electron chi connectivity index (χ4n) is 1.95. The lowest BCUT2D eigenvalue weighted by atomic mass is 9.89. The van der Waals surface area contributed by atoms with Crippen molar-refractivity contribution in [3.05, 3.63) is 23.8 Å². The van der Waals surface area contributed by atoms with Crippen LogP contribution in [0.25, 0.3) is 0 Å². The largest absolute Gasteiger partial charge is 0.493 e. The Balaban J connectivity index is 2.05. The lowest BCUT2D eigenvalue weighted by molar-refractivity contribution is 0.0562. The van der Waals surface area contributed by atoms with Crippen molar-refractivity contribution in [1.82, 2.24) is 5.32 Å². The molecule has 5 heteroatoms. The summed E-state index contributed by atoms with van der Waals surface area (Å²) in [6.45, 7) is 0. The van der Waals surface area contributed by atoms with Crippen molar-refractivity contribution in [2.24, 2.45) is 0 Å². The Kier molecular flexibility index (Phi) is 3.72. The Bertz CT molecular complexity index is 441. The van der Waals surface area contributed by atoms with E-state index in [0.29, 0.717) is 29.9 Å². The third-order valence-corrected chi connectivity index (χ3v) is 3.09. The van der Waals surface area contributed by atoms with Gasteiger partial charge >= 0.3 is 0 Å². The van der Waals surface area contributed by atoms with E-state index in [1.165, 1.54) is 7.11 Å². The first kappa shape index (κ1) is 12.7. The number of rotatable bonds is 4. The number of hydrogen-bond donors (Lipinski definition) is 2. The molecule has 0 aliphatic heterocycles. The Labute approximate surface area is 106 Å². The third-order valence-electron chi connectivity index (χ3n) is 3.09. The topological polar surface area (TPSA) is 67.8 Å².